The number of nitrogens with zero attached hydrogens (tertiary/aromatic N) is 4. The molecule has 1 amide bonds. The maximum Gasteiger partial charge on any atom is 0.288 e. The number of aromatic nitrogens is 2. The van der Waals surface area contributed by atoms with Crippen molar-refractivity contribution in [2.75, 3.05) is 25.1 Å². The van der Waals surface area contributed by atoms with Crippen molar-refractivity contribution in [3.05, 3.63) is 60.2 Å². The van der Waals surface area contributed by atoms with E-state index in [1.807, 2.05) is 57.1 Å². The van der Waals surface area contributed by atoms with Crippen molar-refractivity contribution < 1.29 is 18.3 Å². The molecule has 1 aromatic carbocycles. The van der Waals surface area contributed by atoms with Crippen LogP contribution in [0.1, 0.15) is 50.2 Å². The number of benzene rings is 1. The van der Waals surface area contributed by atoms with Gasteiger partial charge in [-0.1, -0.05) is 30.9 Å². The lowest BCUT2D eigenvalue weighted by Gasteiger charge is -2.29. The monoisotopic (exact) mass is 456 g/mol. The Morgan fingerprint density at radius 3 is 2.58 bits per heavy atom. The molecule has 0 radical (unpaired) electrons. The Kier molecular flexibility index (Phi) is 9.34. The van der Waals surface area contributed by atoms with Crippen molar-refractivity contribution in [1.82, 2.24) is 14.9 Å². The van der Waals surface area contributed by atoms with Gasteiger partial charge in [-0.2, -0.15) is 8.78 Å². The largest absolute Gasteiger partial charge is 0.474 e. The highest BCUT2D eigenvalue weighted by Crippen LogP contribution is 2.25. The molecule has 2 aromatic rings. The van der Waals surface area contributed by atoms with Crippen LogP contribution in [0.25, 0.3) is 0 Å². The van der Waals surface area contributed by atoms with Crippen LogP contribution in [-0.2, 0) is 5.92 Å². The van der Waals surface area contributed by atoms with Crippen molar-refractivity contribution in [2.45, 2.75) is 46.1 Å². The summed E-state index contributed by atoms with van der Waals surface area (Å²) in [6.45, 7) is 7.09. The molecule has 1 atom stereocenters. The fraction of sp³-hybridized carbons (Fsp3) is 0.400. The van der Waals surface area contributed by atoms with E-state index in [4.69, 9.17) is 4.74 Å². The summed E-state index contributed by atoms with van der Waals surface area (Å²) in [5, 5.41) is 0. The number of alkyl halides is 2. The number of allylic oxidation sites excluding steroid dienone is 1. The first kappa shape index (κ1) is 25.8. The van der Waals surface area contributed by atoms with Gasteiger partial charge in [0.25, 0.3) is 11.8 Å². The summed E-state index contributed by atoms with van der Waals surface area (Å²) in [7, 11) is 1.86. The first-order valence-corrected chi connectivity index (χ1v) is 10.8. The lowest BCUT2D eigenvalue weighted by molar-refractivity contribution is 0.0121. The quantitative estimate of drug-likeness (QED) is 0.504. The van der Waals surface area contributed by atoms with Gasteiger partial charge in [-0.25, -0.2) is 9.97 Å². The molecule has 0 saturated carbocycles. The Labute approximate surface area is 194 Å². The molecule has 6 nitrogen and oxygen atoms in total. The first-order chi connectivity index (χ1) is 15.7. The summed E-state index contributed by atoms with van der Waals surface area (Å²) in [6, 6.07) is 7.06. The Hall–Kier alpha value is -3.47. The number of hydrogen-bond acceptors (Lipinski definition) is 5. The number of carbonyl (C=O) groups is 1. The second-order valence-electron chi connectivity index (χ2n) is 7.50. The average molecular weight is 457 g/mol. The topological polar surface area (TPSA) is 58.6 Å². The van der Waals surface area contributed by atoms with Gasteiger partial charge < -0.3 is 14.5 Å². The molecule has 0 aliphatic heterocycles. The van der Waals surface area contributed by atoms with Crippen LogP contribution in [0.4, 0.5) is 14.5 Å². The van der Waals surface area contributed by atoms with Crippen LogP contribution in [0.15, 0.2) is 48.9 Å². The third-order valence-corrected chi connectivity index (χ3v) is 4.86. The number of carbonyl (C=O) groups excluding carboxylic acids is 1. The van der Waals surface area contributed by atoms with E-state index in [9.17, 15) is 13.6 Å². The lowest BCUT2D eigenvalue weighted by atomic mass is 10.1. The van der Waals surface area contributed by atoms with Crippen LogP contribution in [0.2, 0.25) is 0 Å². The Balaban J connectivity index is 2.12. The average Bonchev–Trinajstić information content (AvgIpc) is 2.80. The summed E-state index contributed by atoms with van der Waals surface area (Å²) in [6.07, 6.45) is 6.50. The van der Waals surface area contributed by atoms with Gasteiger partial charge in [-0.05, 0) is 26.0 Å². The molecule has 0 N–H and O–H groups in total. The van der Waals surface area contributed by atoms with E-state index in [0.717, 1.165) is 31.4 Å². The van der Waals surface area contributed by atoms with Gasteiger partial charge in [0.15, 0.2) is 0 Å². The summed E-state index contributed by atoms with van der Waals surface area (Å²) in [4.78, 5) is 24.5. The molecule has 1 heterocycles. The predicted octanol–water partition coefficient (Wildman–Crippen LogP) is 4.88. The number of halogens is 2. The van der Waals surface area contributed by atoms with E-state index in [1.54, 1.807) is 17.0 Å². The molecule has 0 bridgehead atoms. The fourth-order valence-electron chi connectivity index (χ4n) is 3.08. The zero-order valence-electron chi connectivity index (χ0n) is 19.7. The normalized spacial score (nSPS) is 12.1. The van der Waals surface area contributed by atoms with Crippen molar-refractivity contribution in [3.8, 4) is 17.7 Å². The van der Waals surface area contributed by atoms with E-state index >= 15 is 0 Å². The maximum atomic E-state index is 13.4. The van der Waals surface area contributed by atoms with Gasteiger partial charge in [0.05, 0.1) is 29.7 Å². The Bertz CT molecular complexity index is 1010. The van der Waals surface area contributed by atoms with Crippen molar-refractivity contribution in [3.63, 3.8) is 0 Å². The van der Waals surface area contributed by atoms with Crippen LogP contribution in [0.5, 0.6) is 5.88 Å². The van der Waals surface area contributed by atoms with Crippen LogP contribution in [-0.4, -0.2) is 47.0 Å². The van der Waals surface area contributed by atoms with Crippen LogP contribution in [0.3, 0.4) is 0 Å². The van der Waals surface area contributed by atoms with E-state index in [-0.39, 0.29) is 24.4 Å². The first-order valence-electron chi connectivity index (χ1n) is 10.8. The number of rotatable bonds is 9. The third kappa shape index (κ3) is 7.28. The van der Waals surface area contributed by atoms with Gasteiger partial charge in [-0.15, -0.1) is 0 Å². The summed E-state index contributed by atoms with van der Waals surface area (Å²) < 4.78 is 32.2. The second kappa shape index (κ2) is 12.0. The lowest BCUT2D eigenvalue weighted by Crippen LogP contribution is -2.42. The Morgan fingerprint density at radius 2 is 1.97 bits per heavy atom. The highest BCUT2D eigenvalue weighted by atomic mass is 19.3. The van der Waals surface area contributed by atoms with Gasteiger partial charge in [0.2, 0.25) is 5.88 Å². The van der Waals surface area contributed by atoms with Crippen molar-refractivity contribution >= 4 is 11.6 Å². The summed E-state index contributed by atoms with van der Waals surface area (Å²) in [5.74, 6) is 2.83. The van der Waals surface area contributed by atoms with E-state index < -0.39 is 11.6 Å². The predicted molar refractivity (Wildman–Crippen MR) is 125 cm³/mol. The van der Waals surface area contributed by atoms with Gasteiger partial charge >= 0.3 is 0 Å². The van der Waals surface area contributed by atoms with E-state index in [0.29, 0.717) is 12.1 Å². The molecule has 1 aromatic heterocycles. The SMILES string of the molecule is CCC#C/C=C\N(C)c1ccccc1C(=O)N(CC)C(C)COc1cnc(C(C)(F)F)cn1. The van der Waals surface area contributed by atoms with E-state index in [1.165, 1.54) is 0 Å². The molecule has 0 aliphatic carbocycles. The number of ether oxygens (including phenoxy) is 1. The maximum absolute atomic E-state index is 13.4. The molecule has 0 fully saturated rings. The molecule has 1 unspecified atom stereocenters. The molecule has 0 aliphatic rings. The minimum Gasteiger partial charge on any atom is -0.474 e. The molecule has 8 heteroatoms. The second-order valence-corrected chi connectivity index (χ2v) is 7.50. The number of hydrogen-bond donors (Lipinski definition) is 0. The Morgan fingerprint density at radius 1 is 1.24 bits per heavy atom. The number of para-hydroxylation sites is 1. The number of amides is 1. The minimum atomic E-state index is -3.07. The smallest absolute Gasteiger partial charge is 0.288 e. The van der Waals surface area contributed by atoms with Crippen LogP contribution in [0, 0.1) is 11.8 Å². The van der Waals surface area contributed by atoms with E-state index in [2.05, 4.69) is 21.8 Å². The summed E-state index contributed by atoms with van der Waals surface area (Å²) in [5.41, 5.74) is 0.880. The third-order valence-electron chi connectivity index (χ3n) is 4.86. The van der Waals surface area contributed by atoms with Crippen LogP contribution < -0.4 is 9.64 Å². The molecular formula is C25H30F2N4O2. The van der Waals surface area contributed by atoms with Crippen LogP contribution >= 0.6 is 0 Å². The molecule has 33 heavy (non-hydrogen) atoms. The van der Waals surface area contributed by atoms with Gasteiger partial charge in [0.1, 0.15) is 12.3 Å². The molecular weight excluding hydrogens is 426 g/mol. The standard InChI is InChI=1S/C25H30F2N4O2/c1-6-8-9-12-15-30(5)21-14-11-10-13-20(21)24(32)31(7-2)19(3)18-33-23-17-28-22(16-29-23)25(4,26)27/h10-17,19H,6-7,18H2,1-5H3/b15-12-. The number of anilines is 1. The van der Waals surface area contributed by atoms with Crippen molar-refractivity contribution in [1.29, 1.82) is 0 Å². The highest BCUT2D eigenvalue weighted by Gasteiger charge is 2.27. The summed E-state index contributed by atoms with van der Waals surface area (Å²) >= 11 is 0. The van der Waals surface area contributed by atoms with Gasteiger partial charge in [-0.3, -0.25) is 4.79 Å². The minimum absolute atomic E-state index is 0.122. The molecule has 2 rings (SSSR count). The molecule has 0 saturated heterocycles. The number of likely N-dealkylation sites (N-methyl/N-ethyl adjacent to an activating group) is 1. The molecule has 0 spiro atoms. The zero-order chi connectivity index (χ0) is 24.4. The van der Waals surface area contributed by atoms with Gasteiger partial charge in [0, 0.05) is 39.2 Å². The zero-order valence-corrected chi connectivity index (χ0v) is 19.7. The van der Waals surface area contributed by atoms with Crippen molar-refractivity contribution in [2.24, 2.45) is 0 Å². The highest BCUT2D eigenvalue weighted by molar-refractivity contribution is 6.00. The molecule has 176 valence electrons. The fourth-order valence-corrected chi connectivity index (χ4v) is 3.08.